The molecule has 0 saturated carbocycles. The Labute approximate surface area is 155 Å². The zero-order valence-electron chi connectivity index (χ0n) is 16.1. The van der Waals surface area contributed by atoms with Gasteiger partial charge in [-0.25, -0.2) is 0 Å². The van der Waals surface area contributed by atoms with Crippen molar-refractivity contribution < 1.29 is 35.0 Å². The predicted molar refractivity (Wildman–Crippen MR) is 95.3 cm³/mol. The molecule has 2 aliphatic rings. The van der Waals surface area contributed by atoms with Crippen molar-refractivity contribution in [1.82, 2.24) is 0 Å². The summed E-state index contributed by atoms with van der Waals surface area (Å²) in [6.45, 7) is 7.65. The van der Waals surface area contributed by atoms with Gasteiger partial charge in [0.1, 0.15) is 24.4 Å². The van der Waals surface area contributed by atoms with Gasteiger partial charge in [0.05, 0.1) is 18.8 Å². The zero-order valence-corrected chi connectivity index (χ0v) is 16.1. The van der Waals surface area contributed by atoms with Crippen molar-refractivity contribution in [2.24, 2.45) is 5.41 Å². The molecule has 2 rings (SSSR count). The van der Waals surface area contributed by atoms with Crippen LogP contribution in [0.5, 0.6) is 0 Å². The lowest BCUT2D eigenvalue weighted by molar-refractivity contribution is -0.313. The highest BCUT2D eigenvalue weighted by atomic mass is 16.7. The third-order valence-electron chi connectivity index (χ3n) is 5.59. The maximum Gasteiger partial charge on any atom is 0.186 e. The SMILES string of the molecule is CC1=C(CC[C@@H](C)O)C(C)(C)C[C@H](O[C@@H]2O[C@H](CO)[C@@H](O)[C@@H](O)[C@H]2O)C1. The predicted octanol–water partition coefficient (Wildman–Crippen LogP) is 0.469. The summed E-state index contributed by atoms with van der Waals surface area (Å²) >= 11 is 0. The molecule has 0 unspecified atom stereocenters. The van der Waals surface area contributed by atoms with E-state index in [2.05, 4.69) is 20.8 Å². The van der Waals surface area contributed by atoms with Crippen LogP contribution in [-0.4, -0.2) is 75.1 Å². The molecule has 7 heteroatoms. The normalized spacial score (nSPS) is 39.1. The molecule has 0 aromatic rings. The highest BCUT2D eigenvalue weighted by molar-refractivity contribution is 5.24. The largest absolute Gasteiger partial charge is 0.394 e. The third-order valence-corrected chi connectivity index (χ3v) is 5.59. The van der Waals surface area contributed by atoms with Gasteiger partial charge in [-0.1, -0.05) is 25.0 Å². The van der Waals surface area contributed by atoms with Crippen LogP contribution in [0.4, 0.5) is 0 Å². The number of ether oxygens (including phenoxy) is 2. The van der Waals surface area contributed by atoms with Crippen LogP contribution < -0.4 is 0 Å². The Morgan fingerprint density at radius 2 is 1.85 bits per heavy atom. The third kappa shape index (κ3) is 4.84. The van der Waals surface area contributed by atoms with E-state index in [9.17, 15) is 25.5 Å². The van der Waals surface area contributed by atoms with Crippen LogP contribution in [0.25, 0.3) is 0 Å². The van der Waals surface area contributed by atoms with Gasteiger partial charge < -0.3 is 35.0 Å². The fourth-order valence-corrected chi connectivity index (χ4v) is 4.18. The number of aliphatic hydroxyl groups excluding tert-OH is 5. The summed E-state index contributed by atoms with van der Waals surface area (Å²) in [6.07, 6.45) is -3.86. The Morgan fingerprint density at radius 1 is 1.19 bits per heavy atom. The molecule has 1 fully saturated rings. The Kier molecular flexibility index (Phi) is 7.23. The summed E-state index contributed by atoms with van der Waals surface area (Å²) in [5.41, 5.74) is 2.42. The summed E-state index contributed by atoms with van der Waals surface area (Å²) in [6, 6.07) is 0. The molecule has 0 bridgehead atoms. The number of allylic oxidation sites excluding steroid dienone is 1. The van der Waals surface area contributed by atoms with E-state index >= 15 is 0 Å². The van der Waals surface area contributed by atoms with E-state index in [4.69, 9.17) is 9.47 Å². The van der Waals surface area contributed by atoms with Crippen LogP contribution in [0.2, 0.25) is 0 Å². The minimum Gasteiger partial charge on any atom is -0.394 e. The molecule has 5 N–H and O–H groups in total. The maximum atomic E-state index is 10.2. The van der Waals surface area contributed by atoms with Gasteiger partial charge in [0.15, 0.2) is 6.29 Å². The Balaban J connectivity index is 2.07. The molecular formula is C19H34O7. The molecule has 0 radical (unpaired) electrons. The fourth-order valence-electron chi connectivity index (χ4n) is 4.18. The lowest BCUT2D eigenvalue weighted by Crippen LogP contribution is -2.59. The molecule has 1 aliphatic heterocycles. The van der Waals surface area contributed by atoms with E-state index < -0.39 is 37.3 Å². The van der Waals surface area contributed by atoms with Crippen LogP contribution in [-0.2, 0) is 9.47 Å². The topological polar surface area (TPSA) is 120 Å². The Morgan fingerprint density at radius 3 is 2.38 bits per heavy atom. The van der Waals surface area contributed by atoms with Gasteiger partial charge in [0.25, 0.3) is 0 Å². The fraction of sp³-hybridized carbons (Fsp3) is 0.895. The summed E-state index contributed by atoms with van der Waals surface area (Å²) < 4.78 is 11.4. The molecule has 7 atom stereocenters. The molecular weight excluding hydrogens is 340 g/mol. The van der Waals surface area contributed by atoms with E-state index in [1.165, 1.54) is 11.1 Å². The second kappa shape index (κ2) is 8.65. The van der Waals surface area contributed by atoms with Crippen molar-refractivity contribution >= 4 is 0 Å². The molecule has 0 aromatic carbocycles. The van der Waals surface area contributed by atoms with Crippen molar-refractivity contribution in [3.05, 3.63) is 11.1 Å². The highest BCUT2D eigenvalue weighted by Gasteiger charge is 2.45. The van der Waals surface area contributed by atoms with E-state index in [0.717, 1.165) is 6.42 Å². The first kappa shape index (κ1) is 21.8. The van der Waals surface area contributed by atoms with E-state index in [0.29, 0.717) is 19.3 Å². The zero-order chi connectivity index (χ0) is 19.6. The molecule has 26 heavy (non-hydrogen) atoms. The quantitative estimate of drug-likeness (QED) is 0.429. The second-order valence-corrected chi connectivity index (χ2v) is 8.39. The summed E-state index contributed by atoms with van der Waals surface area (Å²) in [4.78, 5) is 0. The van der Waals surface area contributed by atoms with Crippen LogP contribution in [0.3, 0.4) is 0 Å². The first-order valence-corrected chi connectivity index (χ1v) is 9.40. The second-order valence-electron chi connectivity index (χ2n) is 8.39. The van der Waals surface area contributed by atoms with Gasteiger partial charge >= 0.3 is 0 Å². The minimum atomic E-state index is -1.43. The van der Waals surface area contributed by atoms with Crippen LogP contribution in [0.15, 0.2) is 11.1 Å². The molecule has 0 amide bonds. The lowest BCUT2D eigenvalue weighted by Gasteiger charge is -2.44. The Hall–Kier alpha value is -0.540. The van der Waals surface area contributed by atoms with E-state index in [-0.39, 0.29) is 17.6 Å². The lowest BCUT2D eigenvalue weighted by atomic mass is 9.70. The monoisotopic (exact) mass is 374 g/mol. The molecule has 1 saturated heterocycles. The standard InChI is InChI=1S/C19H34O7/c1-10-7-12(8-19(3,4)13(10)6-5-11(2)21)25-18-17(24)16(23)15(22)14(9-20)26-18/h11-12,14-18,20-24H,5-9H2,1-4H3/t11-,12-,14-,15-,16-,17-,18-/m1/s1. The van der Waals surface area contributed by atoms with Crippen molar-refractivity contribution in [2.45, 2.75) is 96.3 Å². The van der Waals surface area contributed by atoms with Gasteiger partial charge in [0.2, 0.25) is 0 Å². The van der Waals surface area contributed by atoms with Crippen molar-refractivity contribution in [3.8, 4) is 0 Å². The average Bonchev–Trinajstić information content (AvgIpc) is 2.53. The summed E-state index contributed by atoms with van der Waals surface area (Å²) in [5, 5.41) is 48.8. The van der Waals surface area contributed by atoms with Gasteiger partial charge in [0, 0.05) is 0 Å². The first-order valence-electron chi connectivity index (χ1n) is 9.40. The van der Waals surface area contributed by atoms with Crippen molar-refractivity contribution in [3.63, 3.8) is 0 Å². The smallest absolute Gasteiger partial charge is 0.186 e. The van der Waals surface area contributed by atoms with Crippen molar-refractivity contribution in [1.29, 1.82) is 0 Å². The molecule has 152 valence electrons. The van der Waals surface area contributed by atoms with E-state index in [1.807, 2.05) is 0 Å². The summed E-state index contributed by atoms with van der Waals surface area (Å²) in [5.74, 6) is 0. The molecule has 1 heterocycles. The van der Waals surface area contributed by atoms with E-state index in [1.54, 1.807) is 6.92 Å². The highest BCUT2D eigenvalue weighted by Crippen LogP contribution is 2.44. The summed E-state index contributed by atoms with van der Waals surface area (Å²) in [7, 11) is 0. The first-order chi connectivity index (χ1) is 12.1. The number of hydrogen-bond donors (Lipinski definition) is 5. The van der Waals surface area contributed by atoms with Gasteiger partial charge in [-0.05, 0) is 44.9 Å². The van der Waals surface area contributed by atoms with Crippen LogP contribution in [0, 0.1) is 5.41 Å². The number of rotatable bonds is 6. The van der Waals surface area contributed by atoms with Crippen molar-refractivity contribution in [2.75, 3.05) is 6.61 Å². The average molecular weight is 374 g/mol. The molecule has 0 aromatic heterocycles. The molecule has 1 aliphatic carbocycles. The van der Waals surface area contributed by atoms with Gasteiger partial charge in [-0.15, -0.1) is 0 Å². The maximum absolute atomic E-state index is 10.2. The molecule has 0 spiro atoms. The number of aliphatic hydroxyl groups is 5. The minimum absolute atomic E-state index is 0.115. The van der Waals surface area contributed by atoms with Crippen LogP contribution >= 0.6 is 0 Å². The van der Waals surface area contributed by atoms with Gasteiger partial charge in [-0.3, -0.25) is 0 Å². The molecule has 7 nitrogen and oxygen atoms in total. The Bertz CT molecular complexity index is 500. The van der Waals surface area contributed by atoms with Gasteiger partial charge in [-0.2, -0.15) is 0 Å². The number of hydrogen-bond acceptors (Lipinski definition) is 7. The van der Waals surface area contributed by atoms with Crippen LogP contribution in [0.1, 0.15) is 53.4 Å².